The average Bonchev–Trinajstić information content (AvgIpc) is 3.11. The van der Waals surface area contributed by atoms with E-state index in [4.69, 9.17) is 4.74 Å². The van der Waals surface area contributed by atoms with E-state index in [0.717, 1.165) is 31.9 Å². The molecule has 7 nitrogen and oxygen atoms in total. The van der Waals surface area contributed by atoms with E-state index in [1.807, 2.05) is 23.5 Å². The van der Waals surface area contributed by atoms with Gasteiger partial charge in [-0.25, -0.2) is 17.9 Å². The molecule has 1 saturated carbocycles. The molecule has 1 aliphatic carbocycles. The molecule has 3 rings (SSSR count). The first-order chi connectivity index (χ1) is 15.0. The normalized spacial score (nSPS) is 26.8. The average molecular weight is 478 g/mol. The summed E-state index contributed by atoms with van der Waals surface area (Å²) in [6.45, 7) is -1.23. The fourth-order valence-electron chi connectivity index (χ4n) is 4.52. The van der Waals surface area contributed by atoms with Crippen LogP contribution in [0, 0.1) is 0 Å². The molecule has 1 heterocycles. The van der Waals surface area contributed by atoms with E-state index in [2.05, 4.69) is 16.9 Å². The van der Waals surface area contributed by atoms with Crippen molar-refractivity contribution in [3.8, 4) is 0 Å². The van der Waals surface area contributed by atoms with Crippen LogP contribution >= 0.6 is 0 Å². The molecular weight excluding hydrogens is 447 g/mol. The van der Waals surface area contributed by atoms with E-state index in [0.29, 0.717) is 12.3 Å². The summed E-state index contributed by atoms with van der Waals surface area (Å²) in [6, 6.07) is 8.09. The highest BCUT2D eigenvalue weighted by Gasteiger charge is 2.40. The lowest BCUT2D eigenvalue weighted by molar-refractivity contribution is -0.123. The molecule has 1 aromatic carbocycles. The van der Waals surface area contributed by atoms with Crippen molar-refractivity contribution >= 4 is 16.1 Å². The number of sulfonamides is 1. The van der Waals surface area contributed by atoms with E-state index < -0.39 is 40.9 Å². The molecule has 2 N–H and O–H groups in total. The van der Waals surface area contributed by atoms with Crippen LogP contribution < -0.4 is 10.0 Å². The van der Waals surface area contributed by atoms with Crippen LogP contribution in [0.25, 0.3) is 0 Å². The second-order valence-corrected chi connectivity index (χ2v) is 10.3. The van der Waals surface area contributed by atoms with Crippen LogP contribution in [0.3, 0.4) is 0 Å². The summed E-state index contributed by atoms with van der Waals surface area (Å²) in [7, 11) is -3.55. The maximum Gasteiger partial charge on any atom is 0.405 e. The number of amides is 2. The lowest BCUT2D eigenvalue weighted by Crippen LogP contribution is -2.52. The smallest absolute Gasteiger partial charge is 0.376 e. The first kappa shape index (κ1) is 24.8. The van der Waals surface area contributed by atoms with Gasteiger partial charge in [0.25, 0.3) is 0 Å². The second kappa shape index (κ2) is 10.4. The predicted octanol–water partition coefficient (Wildman–Crippen LogP) is 2.99. The van der Waals surface area contributed by atoms with Gasteiger partial charge in [-0.2, -0.15) is 13.2 Å². The molecule has 0 bridgehead atoms. The molecule has 2 amide bonds. The Kier molecular flexibility index (Phi) is 8.05. The van der Waals surface area contributed by atoms with Crippen molar-refractivity contribution in [3.05, 3.63) is 35.9 Å². The molecule has 2 aliphatic rings. The Balaban J connectivity index is 1.57. The highest BCUT2D eigenvalue weighted by molar-refractivity contribution is 7.88. The van der Waals surface area contributed by atoms with Crippen molar-refractivity contribution < 1.29 is 31.1 Å². The van der Waals surface area contributed by atoms with Gasteiger partial charge >= 0.3 is 12.2 Å². The van der Waals surface area contributed by atoms with Crippen LogP contribution in [0.2, 0.25) is 0 Å². The van der Waals surface area contributed by atoms with Gasteiger partial charge in [0.1, 0.15) is 6.54 Å². The molecule has 0 spiro atoms. The number of ether oxygens (including phenoxy) is 1. The van der Waals surface area contributed by atoms with Gasteiger partial charge in [-0.3, -0.25) is 0 Å². The molecule has 1 saturated heterocycles. The Morgan fingerprint density at radius 1 is 1.12 bits per heavy atom. The number of hydrogen-bond donors (Lipinski definition) is 2. The topological polar surface area (TPSA) is 87.7 Å². The van der Waals surface area contributed by atoms with Crippen molar-refractivity contribution in [2.24, 2.45) is 0 Å². The van der Waals surface area contributed by atoms with Crippen molar-refractivity contribution in [3.63, 3.8) is 0 Å². The van der Waals surface area contributed by atoms with Gasteiger partial charge in [-0.1, -0.05) is 30.3 Å². The van der Waals surface area contributed by atoms with E-state index in [1.165, 1.54) is 10.5 Å². The molecule has 0 radical (unpaired) electrons. The number of nitrogens with one attached hydrogen (secondary N) is 2. The third kappa shape index (κ3) is 7.35. The van der Waals surface area contributed by atoms with E-state index in [1.54, 1.807) is 0 Å². The van der Waals surface area contributed by atoms with Gasteiger partial charge in [0.15, 0.2) is 0 Å². The van der Waals surface area contributed by atoms with Crippen LogP contribution in [0.5, 0.6) is 0 Å². The van der Waals surface area contributed by atoms with Crippen molar-refractivity contribution in [1.29, 1.82) is 0 Å². The maximum atomic E-state index is 12.5. The number of halogens is 3. The SMILES string of the molecule is CS(=O)(=O)NC1CCN(C(=O)NCC(F)(F)F)[C@H]1COC1CCC(c2ccccc2)CC1. The molecule has 180 valence electrons. The molecule has 32 heavy (non-hydrogen) atoms. The van der Waals surface area contributed by atoms with Gasteiger partial charge in [0.2, 0.25) is 10.0 Å². The van der Waals surface area contributed by atoms with Gasteiger partial charge in [0.05, 0.1) is 25.0 Å². The number of carbonyl (C=O) groups excluding carboxylic acids is 1. The number of urea groups is 1. The lowest BCUT2D eigenvalue weighted by atomic mass is 9.83. The first-order valence-corrected chi connectivity index (χ1v) is 12.7. The Hall–Kier alpha value is -1.85. The van der Waals surface area contributed by atoms with Crippen molar-refractivity contribution in [1.82, 2.24) is 14.9 Å². The lowest BCUT2D eigenvalue weighted by Gasteiger charge is -2.33. The first-order valence-electron chi connectivity index (χ1n) is 10.8. The Bertz CT molecular complexity index is 859. The largest absolute Gasteiger partial charge is 0.405 e. The molecular formula is C21H30F3N3O4S. The standard InChI is InChI=1S/C21H30F3N3O4S/c1-32(29,30)26-18-11-12-27(20(28)25-14-21(22,23)24)19(18)13-31-17-9-7-16(8-10-17)15-5-3-2-4-6-15/h2-6,16-19,26H,7-14H2,1H3,(H,25,28)/t16?,17?,18?,19-/m0/s1. The number of carbonyl (C=O) groups is 1. The highest BCUT2D eigenvalue weighted by atomic mass is 32.2. The molecule has 2 fully saturated rings. The van der Waals surface area contributed by atoms with Crippen LogP contribution in [0.4, 0.5) is 18.0 Å². The highest BCUT2D eigenvalue weighted by Crippen LogP contribution is 2.34. The van der Waals surface area contributed by atoms with Gasteiger partial charge < -0.3 is 15.0 Å². The molecule has 2 atom stereocenters. The van der Waals surface area contributed by atoms with Crippen LogP contribution in [0.15, 0.2) is 30.3 Å². The van der Waals surface area contributed by atoms with Crippen LogP contribution in [0.1, 0.15) is 43.6 Å². The number of nitrogens with zero attached hydrogens (tertiary/aromatic N) is 1. The summed E-state index contributed by atoms with van der Waals surface area (Å²) in [6.07, 6.45) is 0.343. The van der Waals surface area contributed by atoms with Gasteiger partial charge in [-0.15, -0.1) is 0 Å². The van der Waals surface area contributed by atoms with Gasteiger partial charge in [-0.05, 0) is 43.6 Å². The molecule has 1 unspecified atom stereocenters. The molecule has 0 aromatic heterocycles. The maximum absolute atomic E-state index is 12.5. The Morgan fingerprint density at radius 3 is 2.38 bits per heavy atom. The van der Waals surface area contributed by atoms with Gasteiger partial charge in [0, 0.05) is 12.6 Å². The Morgan fingerprint density at radius 2 is 1.78 bits per heavy atom. The zero-order chi connectivity index (χ0) is 23.4. The van der Waals surface area contributed by atoms with Crippen LogP contribution in [-0.2, 0) is 14.8 Å². The van der Waals surface area contributed by atoms with Crippen molar-refractivity contribution in [2.75, 3.05) is 26.0 Å². The third-order valence-electron chi connectivity index (χ3n) is 6.06. The number of likely N-dealkylation sites (tertiary alicyclic amines) is 1. The number of alkyl halides is 3. The summed E-state index contributed by atoms with van der Waals surface area (Å²) in [4.78, 5) is 13.6. The third-order valence-corrected chi connectivity index (χ3v) is 6.79. The predicted molar refractivity (Wildman–Crippen MR) is 114 cm³/mol. The summed E-state index contributed by atoms with van der Waals surface area (Å²) in [5.74, 6) is 0.465. The molecule has 1 aliphatic heterocycles. The van der Waals surface area contributed by atoms with Crippen molar-refractivity contribution in [2.45, 2.75) is 62.4 Å². The second-order valence-electron chi connectivity index (χ2n) is 8.54. The minimum absolute atomic E-state index is 0.0328. The van der Waals surface area contributed by atoms with E-state index in [-0.39, 0.29) is 19.3 Å². The Labute approximate surface area is 186 Å². The fourth-order valence-corrected chi connectivity index (χ4v) is 5.35. The quantitative estimate of drug-likeness (QED) is 0.632. The summed E-state index contributed by atoms with van der Waals surface area (Å²) >= 11 is 0. The zero-order valence-electron chi connectivity index (χ0n) is 18.0. The number of hydrogen-bond acceptors (Lipinski definition) is 4. The minimum Gasteiger partial charge on any atom is -0.376 e. The number of benzene rings is 1. The molecule has 1 aromatic rings. The number of rotatable bonds is 7. The summed E-state index contributed by atoms with van der Waals surface area (Å²) in [5, 5.41) is 1.87. The minimum atomic E-state index is -4.52. The summed E-state index contributed by atoms with van der Waals surface area (Å²) in [5.41, 5.74) is 1.30. The molecule has 11 heteroatoms. The zero-order valence-corrected chi connectivity index (χ0v) is 18.8. The van der Waals surface area contributed by atoms with E-state index in [9.17, 15) is 26.4 Å². The van der Waals surface area contributed by atoms with Crippen LogP contribution in [-0.4, -0.2) is 69.7 Å². The summed E-state index contributed by atoms with van der Waals surface area (Å²) < 4.78 is 69.5. The monoisotopic (exact) mass is 477 g/mol. The van der Waals surface area contributed by atoms with E-state index >= 15 is 0 Å². The fraction of sp³-hybridized carbons (Fsp3) is 0.667.